The van der Waals surface area contributed by atoms with Gasteiger partial charge < -0.3 is 14.6 Å². The molecule has 2 aromatic carbocycles. The molecule has 1 aromatic heterocycles. The van der Waals surface area contributed by atoms with Crippen molar-refractivity contribution >= 4 is 5.97 Å². The zero-order valence-corrected chi connectivity index (χ0v) is 20.2. The number of ether oxygens (including phenoxy) is 2. The zero-order chi connectivity index (χ0) is 26.5. The van der Waals surface area contributed by atoms with E-state index in [9.17, 15) is 27.9 Å². The Bertz CT molecular complexity index is 1250. The van der Waals surface area contributed by atoms with E-state index in [2.05, 4.69) is 9.84 Å². The second-order valence-electron chi connectivity index (χ2n) is 8.71. The van der Waals surface area contributed by atoms with Crippen molar-refractivity contribution in [3.8, 4) is 11.5 Å². The molecule has 0 saturated heterocycles. The van der Waals surface area contributed by atoms with Gasteiger partial charge in [0, 0.05) is 13.0 Å². The molecule has 0 bridgehead atoms. The standard InChI is InChI=1S/C25H28F3N3O5/c1-4-30-21(10-6-7-17-11-13-19(14-12-17)35-24(2,3)22(32)33)29-31(23(30)34)16-18-8-5-9-20(15-18)36-25(26,27)28/h5,8-9,11-15H,4,6-7,10,16H2,1-3H3,(H,32,33). The smallest absolute Gasteiger partial charge is 0.478 e. The first-order valence-corrected chi connectivity index (χ1v) is 11.4. The quantitative estimate of drug-likeness (QED) is 0.413. The SMILES string of the molecule is CCn1c(CCCc2ccc(OC(C)(C)C(=O)O)cc2)nn(Cc2cccc(OC(F)(F)F)c2)c1=O. The number of rotatable bonds is 11. The van der Waals surface area contributed by atoms with Crippen LogP contribution in [0.15, 0.2) is 53.3 Å². The van der Waals surface area contributed by atoms with E-state index in [1.54, 1.807) is 22.8 Å². The monoisotopic (exact) mass is 507 g/mol. The summed E-state index contributed by atoms with van der Waals surface area (Å²) in [6.07, 6.45) is -2.87. The minimum absolute atomic E-state index is 0.0159. The Morgan fingerprint density at radius 2 is 1.69 bits per heavy atom. The lowest BCUT2D eigenvalue weighted by atomic mass is 10.1. The van der Waals surface area contributed by atoms with Crippen molar-refractivity contribution in [2.75, 3.05) is 0 Å². The van der Waals surface area contributed by atoms with Crippen molar-refractivity contribution in [2.45, 2.75) is 65.1 Å². The van der Waals surface area contributed by atoms with Crippen LogP contribution in [0.3, 0.4) is 0 Å². The number of nitrogens with zero attached hydrogens (tertiary/aromatic N) is 3. The molecular formula is C25H28F3N3O5. The molecule has 0 atom stereocenters. The van der Waals surface area contributed by atoms with Gasteiger partial charge in [0.1, 0.15) is 17.3 Å². The van der Waals surface area contributed by atoms with Crippen molar-refractivity contribution < 1.29 is 32.5 Å². The van der Waals surface area contributed by atoms with E-state index in [4.69, 9.17) is 4.74 Å². The molecule has 0 fully saturated rings. The van der Waals surface area contributed by atoms with Crippen LogP contribution in [0.2, 0.25) is 0 Å². The number of halogens is 3. The highest BCUT2D eigenvalue weighted by Crippen LogP contribution is 2.24. The fourth-order valence-corrected chi connectivity index (χ4v) is 3.62. The van der Waals surface area contributed by atoms with Gasteiger partial charge in [0.25, 0.3) is 0 Å². The second kappa shape index (κ2) is 10.9. The van der Waals surface area contributed by atoms with E-state index in [1.165, 1.54) is 36.7 Å². The molecule has 0 radical (unpaired) electrons. The summed E-state index contributed by atoms with van der Waals surface area (Å²) in [7, 11) is 0. The van der Waals surface area contributed by atoms with E-state index in [1.807, 2.05) is 19.1 Å². The number of carbonyl (C=O) groups is 1. The molecule has 36 heavy (non-hydrogen) atoms. The van der Waals surface area contributed by atoms with Crippen LogP contribution in [0.25, 0.3) is 0 Å². The molecule has 194 valence electrons. The average molecular weight is 508 g/mol. The fraction of sp³-hybridized carbons (Fsp3) is 0.400. The predicted octanol–water partition coefficient (Wildman–Crippen LogP) is 4.43. The number of carboxylic acid groups (broad SMARTS) is 1. The topological polar surface area (TPSA) is 95.6 Å². The maximum atomic E-state index is 12.8. The number of benzene rings is 2. The highest BCUT2D eigenvalue weighted by Gasteiger charge is 2.31. The Morgan fingerprint density at radius 3 is 2.31 bits per heavy atom. The Labute approximate surface area is 205 Å². The van der Waals surface area contributed by atoms with Gasteiger partial charge in [-0.15, -0.1) is 13.2 Å². The van der Waals surface area contributed by atoms with Crippen LogP contribution >= 0.6 is 0 Å². The lowest BCUT2D eigenvalue weighted by molar-refractivity contribution is -0.274. The van der Waals surface area contributed by atoms with Crippen LogP contribution in [-0.2, 0) is 30.7 Å². The normalized spacial score (nSPS) is 11.9. The third kappa shape index (κ3) is 7.12. The average Bonchev–Trinajstić information content (AvgIpc) is 3.07. The Balaban J connectivity index is 1.63. The highest BCUT2D eigenvalue weighted by atomic mass is 19.4. The predicted molar refractivity (Wildman–Crippen MR) is 125 cm³/mol. The van der Waals surface area contributed by atoms with Crippen molar-refractivity contribution in [1.29, 1.82) is 0 Å². The van der Waals surface area contributed by atoms with Crippen molar-refractivity contribution in [2.24, 2.45) is 0 Å². The molecule has 1 N–H and O–H groups in total. The first-order chi connectivity index (χ1) is 16.9. The number of alkyl halides is 3. The second-order valence-corrected chi connectivity index (χ2v) is 8.71. The summed E-state index contributed by atoms with van der Waals surface area (Å²) in [4.78, 5) is 24.0. The molecule has 3 aromatic rings. The molecule has 1 heterocycles. The van der Waals surface area contributed by atoms with Crippen LogP contribution in [0.1, 0.15) is 44.1 Å². The number of hydrogen-bond donors (Lipinski definition) is 1. The minimum atomic E-state index is -4.80. The third-order valence-corrected chi connectivity index (χ3v) is 5.46. The number of hydrogen-bond acceptors (Lipinski definition) is 5. The fourth-order valence-electron chi connectivity index (χ4n) is 3.62. The van der Waals surface area contributed by atoms with E-state index in [0.29, 0.717) is 42.9 Å². The van der Waals surface area contributed by atoms with Crippen molar-refractivity contribution in [3.05, 3.63) is 76.0 Å². The molecule has 0 saturated carbocycles. The summed E-state index contributed by atoms with van der Waals surface area (Å²) in [5.41, 5.74) is -0.199. The molecule has 11 heteroatoms. The summed E-state index contributed by atoms with van der Waals surface area (Å²) in [5.74, 6) is -0.371. The summed E-state index contributed by atoms with van der Waals surface area (Å²) in [5, 5.41) is 13.6. The van der Waals surface area contributed by atoms with Crippen LogP contribution in [0.5, 0.6) is 11.5 Å². The summed E-state index contributed by atoms with van der Waals surface area (Å²) in [6.45, 7) is 5.20. The Kier molecular flexibility index (Phi) is 8.11. The van der Waals surface area contributed by atoms with Crippen LogP contribution in [0.4, 0.5) is 13.2 Å². The Morgan fingerprint density at radius 1 is 1.00 bits per heavy atom. The number of aromatic nitrogens is 3. The molecule has 0 spiro atoms. The van der Waals surface area contributed by atoms with Gasteiger partial charge in [0.05, 0.1) is 6.54 Å². The maximum absolute atomic E-state index is 12.8. The molecular weight excluding hydrogens is 479 g/mol. The first-order valence-electron chi connectivity index (χ1n) is 11.4. The number of aryl methyl sites for hydroxylation is 2. The number of aliphatic carboxylic acids is 1. The highest BCUT2D eigenvalue weighted by molar-refractivity contribution is 5.76. The van der Waals surface area contributed by atoms with Crippen LogP contribution < -0.4 is 15.2 Å². The van der Waals surface area contributed by atoms with Crippen molar-refractivity contribution in [1.82, 2.24) is 14.3 Å². The van der Waals surface area contributed by atoms with Gasteiger partial charge in [-0.2, -0.15) is 5.10 Å². The van der Waals surface area contributed by atoms with E-state index < -0.39 is 17.9 Å². The zero-order valence-electron chi connectivity index (χ0n) is 20.2. The van der Waals surface area contributed by atoms with Gasteiger partial charge in [-0.3, -0.25) is 4.57 Å². The largest absolute Gasteiger partial charge is 0.573 e. The molecule has 0 unspecified atom stereocenters. The molecule has 3 rings (SSSR count). The van der Waals surface area contributed by atoms with Crippen molar-refractivity contribution in [3.63, 3.8) is 0 Å². The lowest BCUT2D eigenvalue weighted by Crippen LogP contribution is -2.37. The number of carboxylic acids is 1. The summed E-state index contributed by atoms with van der Waals surface area (Å²) < 4.78 is 49.7. The van der Waals surface area contributed by atoms with Gasteiger partial charge in [-0.1, -0.05) is 24.3 Å². The molecule has 0 amide bonds. The lowest BCUT2D eigenvalue weighted by Gasteiger charge is -2.21. The molecule has 0 aliphatic rings. The summed E-state index contributed by atoms with van der Waals surface area (Å²) >= 11 is 0. The minimum Gasteiger partial charge on any atom is -0.478 e. The molecule has 8 nitrogen and oxygen atoms in total. The summed E-state index contributed by atoms with van der Waals surface area (Å²) in [6, 6.07) is 12.6. The Hall–Kier alpha value is -3.76. The van der Waals surface area contributed by atoms with Gasteiger partial charge in [-0.05, 0) is 69.0 Å². The third-order valence-electron chi connectivity index (χ3n) is 5.46. The van der Waals surface area contributed by atoms with E-state index in [0.717, 1.165) is 5.56 Å². The van der Waals surface area contributed by atoms with E-state index >= 15 is 0 Å². The van der Waals surface area contributed by atoms with E-state index in [-0.39, 0.29) is 18.0 Å². The van der Waals surface area contributed by atoms with Crippen LogP contribution in [-0.4, -0.2) is 37.4 Å². The van der Waals surface area contributed by atoms with Crippen LogP contribution in [0, 0.1) is 0 Å². The van der Waals surface area contributed by atoms with Gasteiger partial charge in [0.15, 0.2) is 5.60 Å². The molecule has 0 aliphatic carbocycles. The van der Waals surface area contributed by atoms with Gasteiger partial charge in [0.2, 0.25) is 0 Å². The van der Waals surface area contributed by atoms with Gasteiger partial charge >= 0.3 is 18.0 Å². The molecule has 0 aliphatic heterocycles. The van der Waals surface area contributed by atoms with Gasteiger partial charge in [-0.25, -0.2) is 14.3 Å². The maximum Gasteiger partial charge on any atom is 0.573 e. The first kappa shape index (κ1) is 26.8.